The maximum Gasteiger partial charge on any atom is 0.242 e. The van der Waals surface area contributed by atoms with Crippen molar-refractivity contribution >= 4 is 11.9 Å². The summed E-state index contributed by atoms with van der Waals surface area (Å²) in [7, 11) is 0. The van der Waals surface area contributed by atoms with E-state index < -0.39 is 0 Å². The van der Waals surface area contributed by atoms with Crippen LogP contribution in [0.3, 0.4) is 0 Å². The van der Waals surface area contributed by atoms with Crippen LogP contribution in [0.15, 0.2) is 59.6 Å². The third kappa shape index (κ3) is 7.09. The number of hydrogen-bond donors (Lipinski definition) is 2. The molecule has 0 bridgehead atoms. The second-order valence-corrected chi connectivity index (χ2v) is 6.07. The Morgan fingerprint density at radius 2 is 1.70 bits per heavy atom. The maximum atomic E-state index is 13.0. The molecule has 0 aliphatic heterocycles. The Kier molecular flexibility index (Phi) is 8.29. The number of benzene rings is 2. The quantitative estimate of drug-likeness (QED) is 0.555. The highest BCUT2D eigenvalue weighted by atomic mass is 19.1. The zero-order chi connectivity index (χ0) is 19.5. The first-order valence-electron chi connectivity index (χ1n) is 9.20. The number of aliphatic imine (C=N–C) groups is 1. The number of rotatable bonds is 8. The van der Waals surface area contributed by atoms with Crippen molar-refractivity contribution in [2.75, 3.05) is 19.6 Å². The lowest BCUT2D eigenvalue weighted by Crippen LogP contribution is -2.44. The normalized spacial score (nSPS) is 11.1. The van der Waals surface area contributed by atoms with Gasteiger partial charge in [0.05, 0.1) is 13.1 Å². The molecule has 0 radical (unpaired) electrons. The fraction of sp³-hybridized carbons (Fsp3) is 0.333. The fourth-order valence-electron chi connectivity index (χ4n) is 2.55. The average molecular weight is 370 g/mol. The molecule has 0 aliphatic rings. The molecule has 1 amide bonds. The number of hydrogen-bond acceptors (Lipinski definition) is 2. The molecule has 2 N–H and O–H groups in total. The van der Waals surface area contributed by atoms with Gasteiger partial charge in [-0.05, 0) is 37.1 Å². The van der Waals surface area contributed by atoms with Crippen LogP contribution < -0.4 is 10.6 Å². The molecule has 27 heavy (non-hydrogen) atoms. The lowest BCUT2D eigenvalue weighted by molar-refractivity contribution is -0.130. The molecule has 0 atom stereocenters. The smallest absolute Gasteiger partial charge is 0.242 e. The van der Waals surface area contributed by atoms with Gasteiger partial charge in [-0.25, -0.2) is 9.38 Å². The molecule has 6 heteroatoms. The van der Waals surface area contributed by atoms with Gasteiger partial charge in [0.2, 0.25) is 5.91 Å². The zero-order valence-electron chi connectivity index (χ0n) is 15.9. The van der Waals surface area contributed by atoms with Crippen molar-refractivity contribution in [1.82, 2.24) is 15.5 Å². The highest BCUT2D eigenvalue weighted by Crippen LogP contribution is 2.05. The van der Waals surface area contributed by atoms with E-state index in [0.717, 1.165) is 11.1 Å². The van der Waals surface area contributed by atoms with E-state index in [2.05, 4.69) is 15.6 Å². The standard InChI is InChI=1S/C21H27FN4O/c1-3-23-21(24-14-17-10-12-19(22)13-11-17)25-15-20(27)26(4-2)16-18-8-6-5-7-9-18/h5-13H,3-4,14-16H2,1-2H3,(H2,23,24,25). The van der Waals surface area contributed by atoms with Gasteiger partial charge in [-0.2, -0.15) is 0 Å². The van der Waals surface area contributed by atoms with E-state index in [4.69, 9.17) is 0 Å². The van der Waals surface area contributed by atoms with Crippen molar-refractivity contribution in [2.45, 2.75) is 26.9 Å². The minimum atomic E-state index is -0.267. The summed E-state index contributed by atoms with van der Waals surface area (Å²) in [6.07, 6.45) is 0. The highest BCUT2D eigenvalue weighted by Gasteiger charge is 2.12. The lowest BCUT2D eigenvalue weighted by Gasteiger charge is -2.22. The number of carbonyl (C=O) groups is 1. The van der Waals surface area contributed by atoms with E-state index in [1.165, 1.54) is 12.1 Å². The first-order valence-corrected chi connectivity index (χ1v) is 9.20. The number of halogens is 1. The fourth-order valence-corrected chi connectivity index (χ4v) is 2.55. The molecule has 2 rings (SSSR count). The molecule has 0 saturated carbocycles. The van der Waals surface area contributed by atoms with Gasteiger partial charge in [-0.3, -0.25) is 4.79 Å². The van der Waals surface area contributed by atoms with Gasteiger partial charge in [0, 0.05) is 19.6 Å². The van der Waals surface area contributed by atoms with Crippen molar-refractivity contribution < 1.29 is 9.18 Å². The van der Waals surface area contributed by atoms with Gasteiger partial charge in [0.25, 0.3) is 0 Å². The number of carbonyl (C=O) groups excluding carboxylic acids is 1. The summed E-state index contributed by atoms with van der Waals surface area (Å²) < 4.78 is 13.0. The molecule has 0 saturated heterocycles. The number of nitrogens with zero attached hydrogens (tertiary/aromatic N) is 2. The Hall–Kier alpha value is -2.89. The van der Waals surface area contributed by atoms with Crippen LogP contribution in [-0.4, -0.2) is 36.4 Å². The second kappa shape index (κ2) is 11.0. The lowest BCUT2D eigenvalue weighted by atomic mass is 10.2. The summed E-state index contributed by atoms with van der Waals surface area (Å²) in [5, 5.41) is 6.20. The van der Waals surface area contributed by atoms with Gasteiger partial charge in [0.15, 0.2) is 5.96 Å². The minimum absolute atomic E-state index is 0.00809. The number of nitrogens with one attached hydrogen (secondary N) is 2. The molecule has 0 fully saturated rings. The highest BCUT2D eigenvalue weighted by molar-refractivity contribution is 5.86. The number of amides is 1. The van der Waals surface area contributed by atoms with E-state index in [1.807, 2.05) is 44.2 Å². The van der Waals surface area contributed by atoms with Crippen LogP contribution in [0.2, 0.25) is 0 Å². The van der Waals surface area contributed by atoms with Crippen molar-refractivity contribution in [2.24, 2.45) is 4.99 Å². The number of likely N-dealkylation sites (N-methyl/N-ethyl adjacent to an activating group) is 1. The van der Waals surface area contributed by atoms with Gasteiger partial charge in [0.1, 0.15) is 5.82 Å². The van der Waals surface area contributed by atoms with Gasteiger partial charge < -0.3 is 15.5 Å². The van der Waals surface area contributed by atoms with Gasteiger partial charge in [-0.15, -0.1) is 0 Å². The summed E-state index contributed by atoms with van der Waals surface area (Å²) in [6, 6.07) is 16.2. The van der Waals surface area contributed by atoms with Crippen LogP contribution in [0, 0.1) is 5.82 Å². The van der Waals surface area contributed by atoms with Crippen molar-refractivity contribution in [3.8, 4) is 0 Å². The van der Waals surface area contributed by atoms with E-state index in [1.54, 1.807) is 17.0 Å². The molecule has 0 aliphatic carbocycles. The monoisotopic (exact) mass is 370 g/mol. The largest absolute Gasteiger partial charge is 0.357 e. The van der Waals surface area contributed by atoms with Crippen molar-refractivity contribution in [3.05, 3.63) is 71.5 Å². The van der Waals surface area contributed by atoms with E-state index in [0.29, 0.717) is 32.1 Å². The van der Waals surface area contributed by atoms with Gasteiger partial charge >= 0.3 is 0 Å². The van der Waals surface area contributed by atoms with Crippen LogP contribution in [0.4, 0.5) is 4.39 Å². The number of guanidine groups is 1. The van der Waals surface area contributed by atoms with Crippen LogP contribution in [0.25, 0.3) is 0 Å². The topological polar surface area (TPSA) is 56.7 Å². The zero-order valence-corrected chi connectivity index (χ0v) is 15.9. The van der Waals surface area contributed by atoms with Crippen molar-refractivity contribution in [3.63, 3.8) is 0 Å². The predicted molar refractivity (Wildman–Crippen MR) is 107 cm³/mol. The summed E-state index contributed by atoms with van der Waals surface area (Å²) >= 11 is 0. The minimum Gasteiger partial charge on any atom is -0.357 e. The predicted octanol–water partition coefficient (Wildman–Crippen LogP) is 2.93. The Morgan fingerprint density at radius 1 is 1.00 bits per heavy atom. The van der Waals surface area contributed by atoms with E-state index in [9.17, 15) is 9.18 Å². The molecular weight excluding hydrogens is 343 g/mol. The molecule has 0 aromatic heterocycles. The first kappa shape index (κ1) is 20.4. The molecule has 0 unspecified atom stereocenters. The Morgan fingerprint density at radius 3 is 2.33 bits per heavy atom. The SMILES string of the molecule is CCNC(=NCc1ccc(F)cc1)NCC(=O)N(CC)Cc1ccccc1. The molecule has 0 heterocycles. The molecular formula is C21H27FN4O. The second-order valence-electron chi connectivity index (χ2n) is 6.07. The van der Waals surface area contributed by atoms with Crippen LogP contribution in [0.1, 0.15) is 25.0 Å². The van der Waals surface area contributed by atoms with Gasteiger partial charge in [-0.1, -0.05) is 42.5 Å². The maximum absolute atomic E-state index is 13.0. The Labute approximate surface area is 160 Å². The van der Waals surface area contributed by atoms with Crippen LogP contribution >= 0.6 is 0 Å². The Balaban J connectivity index is 1.91. The average Bonchev–Trinajstić information content (AvgIpc) is 2.70. The molecule has 2 aromatic rings. The van der Waals surface area contributed by atoms with Crippen LogP contribution in [-0.2, 0) is 17.9 Å². The van der Waals surface area contributed by atoms with E-state index >= 15 is 0 Å². The molecule has 144 valence electrons. The Bertz CT molecular complexity index is 732. The third-order valence-electron chi connectivity index (χ3n) is 4.03. The summed E-state index contributed by atoms with van der Waals surface area (Å²) in [5.74, 6) is 0.302. The van der Waals surface area contributed by atoms with Crippen LogP contribution in [0.5, 0.6) is 0 Å². The summed E-state index contributed by atoms with van der Waals surface area (Å²) in [4.78, 5) is 18.8. The molecule has 0 spiro atoms. The molecule has 5 nitrogen and oxygen atoms in total. The third-order valence-corrected chi connectivity index (χ3v) is 4.03. The molecule has 2 aromatic carbocycles. The van der Waals surface area contributed by atoms with Crippen molar-refractivity contribution in [1.29, 1.82) is 0 Å². The van der Waals surface area contributed by atoms with E-state index in [-0.39, 0.29) is 18.3 Å². The summed E-state index contributed by atoms with van der Waals surface area (Å²) in [6.45, 7) is 6.41. The summed E-state index contributed by atoms with van der Waals surface area (Å²) in [5.41, 5.74) is 2.00. The first-order chi connectivity index (χ1) is 13.1.